The Kier molecular flexibility index (Phi) is 3.44. The summed E-state index contributed by atoms with van der Waals surface area (Å²) in [5.74, 6) is 0. The second-order valence-electron chi connectivity index (χ2n) is 1.78. The predicted molar refractivity (Wildman–Crippen MR) is 40.3 cm³/mol. The molecule has 0 aromatic rings. The monoisotopic (exact) mass is 129 g/mol. The van der Waals surface area contributed by atoms with Gasteiger partial charge in [0.15, 0.2) is 0 Å². The van der Waals surface area contributed by atoms with Crippen LogP contribution >= 0.6 is 11.8 Å². The first-order valence-corrected chi connectivity index (χ1v) is 3.25. The summed E-state index contributed by atoms with van der Waals surface area (Å²) >= 11 is 1.46. The zero-order chi connectivity index (χ0) is 6.57. The van der Waals surface area contributed by atoms with Crippen LogP contribution in [0, 0.1) is 0 Å². The van der Waals surface area contributed by atoms with E-state index in [1.165, 1.54) is 17.3 Å². The Morgan fingerprint density at radius 1 is 1.62 bits per heavy atom. The maximum atomic E-state index is 5.26. The van der Waals surface area contributed by atoms with E-state index in [0.29, 0.717) is 5.03 Å². The largest absolute Gasteiger partial charge is 0.394 e. The normalized spacial score (nSPS) is 8.25. The van der Waals surface area contributed by atoms with Crippen LogP contribution in [-0.2, 0) is 0 Å². The minimum absolute atomic E-state index is 0.645. The average Bonchev–Trinajstić information content (AvgIpc) is 1.61. The van der Waals surface area contributed by atoms with Gasteiger partial charge in [0, 0.05) is 0 Å². The molecule has 0 aliphatic heterocycles. The van der Waals surface area contributed by atoms with Crippen LogP contribution in [-0.4, -0.2) is 0 Å². The second kappa shape index (κ2) is 3.61. The molecule has 0 saturated heterocycles. The topological polar surface area (TPSA) is 26.0 Å². The smallest absolute Gasteiger partial charge is 0.0624 e. The number of hydrogen-bond acceptors (Lipinski definition) is 2. The molecule has 0 rings (SSSR count). The second-order valence-corrected chi connectivity index (χ2v) is 2.78. The van der Waals surface area contributed by atoms with Gasteiger partial charge < -0.3 is 5.73 Å². The average molecular weight is 129 g/mol. The van der Waals surface area contributed by atoms with Crippen LogP contribution < -0.4 is 5.73 Å². The number of hydrogen-bond donors (Lipinski definition) is 1. The van der Waals surface area contributed by atoms with E-state index in [9.17, 15) is 0 Å². The Morgan fingerprint density at radius 2 is 2.12 bits per heavy atom. The van der Waals surface area contributed by atoms with Crippen LogP contribution in [0.4, 0.5) is 0 Å². The van der Waals surface area contributed by atoms with E-state index in [4.69, 9.17) is 5.73 Å². The van der Waals surface area contributed by atoms with E-state index < -0.39 is 0 Å². The molecule has 1 nitrogen and oxygen atoms in total. The molecule has 0 atom stereocenters. The summed E-state index contributed by atoms with van der Waals surface area (Å²) in [5.41, 5.74) is 6.52. The zero-order valence-electron chi connectivity index (χ0n) is 5.27. The van der Waals surface area contributed by atoms with Crippen LogP contribution in [0.2, 0.25) is 0 Å². The highest BCUT2D eigenvalue weighted by Crippen LogP contribution is 2.10. The highest BCUT2D eigenvalue weighted by Gasteiger charge is 1.79. The van der Waals surface area contributed by atoms with Gasteiger partial charge in [-0.25, -0.2) is 0 Å². The molecule has 0 aromatic carbocycles. The third-order valence-electron chi connectivity index (χ3n) is 0.446. The van der Waals surface area contributed by atoms with E-state index in [1.54, 1.807) is 0 Å². The van der Waals surface area contributed by atoms with E-state index in [0.717, 1.165) is 0 Å². The Balaban J connectivity index is 3.45. The van der Waals surface area contributed by atoms with Gasteiger partial charge in [-0.2, -0.15) is 0 Å². The van der Waals surface area contributed by atoms with Crippen LogP contribution in [0.25, 0.3) is 0 Å². The van der Waals surface area contributed by atoms with Crippen LogP contribution in [0.5, 0.6) is 0 Å². The van der Waals surface area contributed by atoms with Gasteiger partial charge in [0.25, 0.3) is 0 Å². The van der Waals surface area contributed by atoms with Crippen molar-refractivity contribution in [3.8, 4) is 0 Å². The SMILES string of the molecule is C=C(N)SC=C(C)C. The van der Waals surface area contributed by atoms with Crippen molar-refractivity contribution < 1.29 is 0 Å². The Morgan fingerprint density at radius 3 is 2.25 bits per heavy atom. The molecular formula is C6H11NS. The summed E-state index contributed by atoms with van der Waals surface area (Å²) in [6, 6.07) is 0. The molecule has 0 aromatic heterocycles. The molecule has 0 fully saturated rings. The Labute approximate surface area is 54.6 Å². The highest BCUT2D eigenvalue weighted by molar-refractivity contribution is 8.05. The maximum Gasteiger partial charge on any atom is 0.0624 e. The van der Waals surface area contributed by atoms with Crippen molar-refractivity contribution in [3.05, 3.63) is 22.6 Å². The number of allylic oxidation sites excluding steroid dienone is 1. The van der Waals surface area contributed by atoms with E-state index in [2.05, 4.69) is 6.58 Å². The summed E-state index contributed by atoms with van der Waals surface area (Å²) in [4.78, 5) is 0. The number of thioether (sulfide) groups is 1. The first kappa shape index (κ1) is 7.63. The summed E-state index contributed by atoms with van der Waals surface area (Å²) < 4.78 is 0. The fourth-order valence-electron chi connectivity index (χ4n) is 0.194. The number of nitrogens with two attached hydrogens (primary N) is 1. The summed E-state index contributed by atoms with van der Waals surface area (Å²) in [6.45, 7) is 7.57. The van der Waals surface area contributed by atoms with Gasteiger partial charge in [-0.05, 0) is 19.3 Å². The fourth-order valence-corrected chi connectivity index (χ4v) is 0.581. The molecule has 0 radical (unpaired) electrons. The lowest BCUT2D eigenvalue weighted by atomic mass is 10.4. The molecule has 0 heterocycles. The molecular weight excluding hydrogens is 118 g/mol. The van der Waals surface area contributed by atoms with Gasteiger partial charge >= 0.3 is 0 Å². The van der Waals surface area contributed by atoms with Crippen molar-refractivity contribution in [2.45, 2.75) is 13.8 Å². The quantitative estimate of drug-likeness (QED) is 0.617. The Hall–Kier alpha value is -0.370. The zero-order valence-corrected chi connectivity index (χ0v) is 6.09. The summed E-state index contributed by atoms with van der Waals surface area (Å²) in [5, 5.41) is 2.62. The first-order chi connectivity index (χ1) is 3.63. The van der Waals surface area contributed by atoms with Crippen molar-refractivity contribution in [2.75, 3.05) is 0 Å². The maximum absolute atomic E-state index is 5.26. The van der Waals surface area contributed by atoms with Crippen LogP contribution in [0.1, 0.15) is 13.8 Å². The predicted octanol–water partition coefficient (Wildman–Crippen LogP) is 2.07. The molecule has 0 saturated carbocycles. The van der Waals surface area contributed by atoms with Crippen molar-refractivity contribution in [1.82, 2.24) is 0 Å². The van der Waals surface area contributed by atoms with Gasteiger partial charge in [-0.15, -0.1) is 0 Å². The lowest BCUT2D eigenvalue weighted by Crippen LogP contribution is -1.85. The van der Waals surface area contributed by atoms with Gasteiger partial charge in [-0.1, -0.05) is 23.9 Å². The Bertz CT molecular complexity index is 112. The van der Waals surface area contributed by atoms with Crippen molar-refractivity contribution >= 4 is 11.8 Å². The van der Waals surface area contributed by atoms with Gasteiger partial charge in [-0.3, -0.25) is 0 Å². The van der Waals surface area contributed by atoms with Gasteiger partial charge in [0.05, 0.1) is 5.03 Å². The molecule has 2 heteroatoms. The van der Waals surface area contributed by atoms with E-state index in [-0.39, 0.29) is 0 Å². The molecule has 0 unspecified atom stereocenters. The molecule has 0 bridgehead atoms. The van der Waals surface area contributed by atoms with Gasteiger partial charge in [0.2, 0.25) is 0 Å². The standard InChI is InChI=1S/C6H11NS/c1-5(2)4-8-6(3)7/h4H,3,7H2,1-2H3. The molecule has 0 spiro atoms. The summed E-state index contributed by atoms with van der Waals surface area (Å²) in [6.07, 6.45) is 0. The molecule has 0 aliphatic carbocycles. The number of rotatable bonds is 2. The molecule has 2 N–H and O–H groups in total. The minimum atomic E-state index is 0.645. The lowest BCUT2D eigenvalue weighted by molar-refractivity contribution is 1.41. The van der Waals surface area contributed by atoms with E-state index >= 15 is 0 Å². The molecule has 46 valence electrons. The van der Waals surface area contributed by atoms with Crippen molar-refractivity contribution in [3.63, 3.8) is 0 Å². The first-order valence-electron chi connectivity index (χ1n) is 2.37. The minimum Gasteiger partial charge on any atom is -0.394 e. The van der Waals surface area contributed by atoms with Crippen molar-refractivity contribution in [1.29, 1.82) is 0 Å². The van der Waals surface area contributed by atoms with Gasteiger partial charge in [0.1, 0.15) is 0 Å². The highest BCUT2D eigenvalue weighted by atomic mass is 32.2. The third-order valence-corrected chi connectivity index (χ3v) is 1.34. The van der Waals surface area contributed by atoms with Crippen molar-refractivity contribution in [2.24, 2.45) is 5.73 Å². The molecule has 0 amide bonds. The third kappa shape index (κ3) is 5.63. The molecule has 0 aliphatic rings. The van der Waals surface area contributed by atoms with Crippen LogP contribution in [0.15, 0.2) is 22.6 Å². The summed E-state index contributed by atoms with van der Waals surface area (Å²) in [7, 11) is 0. The fraction of sp³-hybridized carbons (Fsp3) is 0.333. The van der Waals surface area contributed by atoms with E-state index in [1.807, 2.05) is 19.3 Å². The molecule has 8 heavy (non-hydrogen) atoms. The lowest BCUT2D eigenvalue weighted by Gasteiger charge is -1.89. The van der Waals surface area contributed by atoms with Crippen LogP contribution in [0.3, 0.4) is 0 Å².